The Labute approximate surface area is 189 Å². The Morgan fingerprint density at radius 3 is 2.21 bits per heavy atom. The van der Waals surface area contributed by atoms with Crippen LogP contribution in [0.2, 0.25) is 0 Å². The minimum absolute atomic E-state index is 0.0671. The molecule has 5 rings (SSSR count). The van der Waals surface area contributed by atoms with E-state index in [0.29, 0.717) is 22.5 Å². The number of carboxylic acids is 1. The number of H-pyrrole nitrogens is 1. The lowest BCUT2D eigenvalue weighted by Gasteiger charge is -2.23. The molecule has 1 aliphatic carbocycles. The van der Waals surface area contributed by atoms with E-state index in [1.807, 2.05) is 36.4 Å². The summed E-state index contributed by atoms with van der Waals surface area (Å²) in [7, 11) is 0. The highest BCUT2D eigenvalue weighted by molar-refractivity contribution is 5.86. The predicted molar refractivity (Wildman–Crippen MR) is 124 cm³/mol. The molecule has 2 aromatic heterocycles. The van der Waals surface area contributed by atoms with E-state index >= 15 is 0 Å². The highest BCUT2D eigenvalue weighted by Gasteiger charge is 2.26. The molecule has 33 heavy (non-hydrogen) atoms. The number of nitrogens with one attached hydrogen (secondary N) is 1. The molecule has 1 aliphatic rings. The molecule has 164 valence electrons. The number of carboxylic acid groups (broad SMARTS) is 1. The topological polar surface area (TPSA) is 111 Å². The fourth-order valence-corrected chi connectivity index (χ4v) is 4.68. The Kier molecular flexibility index (Phi) is 5.27. The van der Waals surface area contributed by atoms with Crippen molar-refractivity contribution in [1.29, 1.82) is 5.26 Å². The van der Waals surface area contributed by atoms with Crippen LogP contribution in [0, 0.1) is 11.3 Å². The lowest BCUT2D eigenvalue weighted by molar-refractivity contribution is 0.0690. The second-order valence-electron chi connectivity index (χ2n) is 8.45. The number of hydrogen-bond donors (Lipinski definition) is 2. The number of carbonyl (C=O) groups is 1. The minimum Gasteiger partial charge on any atom is -0.477 e. The molecule has 1 saturated carbocycles. The van der Waals surface area contributed by atoms with Crippen LogP contribution >= 0.6 is 0 Å². The maximum Gasteiger partial charge on any atom is 0.353 e. The number of hydrogen-bond acceptors (Lipinski definition) is 4. The van der Waals surface area contributed by atoms with Gasteiger partial charge in [0.15, 0.2) is 5.65 Å². The van der Waals surface area contributed by atoms with Gasteiger partial charge in [-0.05, 0) is 42.0 Å². The highest BCUT2D eigenvalue weighted by Crippen LogP contribution is 2.36. The number of nitriles is 1. The van der Waals surface area contributed by atoms with Gasteiger partial charge < -0.3 is 5.11 Å². The molecule has 0 unspecified atom stereocenters. The van der Waals surface area contributed by atoms with E-state index in [-0.39, 0.29) is 17.2 Å². The molecule has 0 bridgehead atoms. The SMILES string of the molecule is N#Cc1ccc(-c2ccc(-c3nc4cc(C(=O)O)[nH]n4c(=O)c3C3CCCCC3)cc2)cc1. The summed E-state index contributed by atoms with van der Waals surface area (Å²) in [6.07, 6.45) is 5.13. The third-order valence-corrected chi connectivity index (χ3v) is 6.40. The lowest BCUT2D eigenvalue weighted by Crippen LogP contribution is -2.25. The number of rotatable bonds is 4. The lowest BCUT2D eigenvalue weighted by atomic mass is 9.82. The molecule has 0 amide bonds. The Bertz CT molecular complexity index is 1430. The van der Waals surface area contributed by atoms with Gasteiger partial charge in [0.25, 0.3) is 5.56 Å². The van der Waals surface area contributed by atoms with E-state index in [4.69, 9.17) is 10.2 Å². The molecule has 2 heterocycles. The van der Waals surface area contributed by atoms with Gasteiger partial charge in [0, 0.05) is 17.2 Å². The van der Waals surface area contributed by atoms with Crippen LogP contribution in [0.25, 0.3) is 28.0 Å². The zero-order chi connectivity index (χ0) is 22.9. The van der Waals surface area contributed by atoms with Crippen LogP contribution in [0.3, 0.4) is 0 Å². The van der Waals surface area contributed by atoms with E-state index in [9.17, 15) is 14.7 Å². The summed E-state index contributed by atoms with van der Waals surface area (Å²) in [4.78, 5) is 29.7. The van der Waals surface area contributed by atoms with Crippen LogP contribution in [0.4, 0.5) is 0 Å². The first kappa shape index (κ1) is 20.7. The normalized spacial score (nSPS) is 14.3. The summed E-state index contributed by atoms with van der Waals surface area (Å²) in [5.74, 6) is -1.03. The van der Waals surface area contributed by atoms with Gasteiger partial charge in [0.05, 0.1) is 17.3 Å². The predicted octanol–water partition coefficient (Wildman–Crippen LogP) is 4.97. The maximum absolute atomic E-state index is 13.5. The molecule has 4 aromatic rings. The van der Waals surface area contributed by atoms with E-state index < -0.39 is 5.97 Å². The summed E-state index contributed by atoms with van der Waals surface area (Å²) in [5.41, 5.74) is 4.69. The molecule has 7 heteroatoms. The summed E-state index contributed by atoms with van der Waals surface area (Å²) in [5, 5.41) is 21.0. The van der Waals surface area contributed by atoms with Crippen molar-refractivity contribution in [2.75, 3.05) is 0 Å². The van der Waals surface area contributed by atoms with Crippen molar-refractivity contribution in [3.63, 3.8) is 0 Å². The van der Waals surface area contributed by atoms with Crippen LogP contribution in [0.15, 0.2) is 59.4 Å². The number of benzene rings is 2. The molecule has 0 spiro atoms. The fourth-order valence-electron chi connectivity index (χ4n) is 4.68. The first-order valence-electron chi connectivity index (χ1n) is 11.0. The van der Waals surface area contributed by atoms with Gasteiger partial charge in [-0.1, -0.05) is 55.7 Å². The summed E-state index contributed by atoms with van der Waals surface area (Å²) >= 11 is 0. The van der Waals surface area contributed by atoms with Gasteiger partial charge in [0.1, 0.15) is 5.69 Å². The van der Waals surface area contributed by atoms with Gasteiger partial charge in [0.2, 0.25) is 0 Å². The molecule has 0 atom stereocenters. The van der Waals surface area contributed by atoms with Crippen molar-refractivity contribution in [1.82, 2.24) is 14.6 Å². The van der Waals surface area contributed by atoms with E-state index in [0.717, 1.165) is 48.8 Å². The number of nitrogens with zero attached hydrogens (tertiary/aromatic N) is 3. The Balaban J connectivity index is 1.63. The van der Waals surface area contributed by atoms with Crippen molar-refractivity contribution in [2.24, 2.45) is 0 Å². The van der Waals surface area contributed by atoms with Crippen molar-refractivity contribution in [3.05, 3.63) is 81.8 Å². The molecule has 1 fully saturated rings. The highest BCUT2D eigenvalue weighted by atomic mass is 16.4. The van der Waals surface area contributed by atoms with E-state index in [1.165, 1.54) is 10.6 Å². The average molecular weight is 438 g/mol. The summed E-state index contributed by atoms with van der Waals surface area (Å²) in [6, 6.07) is 18.7. The smallest absolute Gasteiger partial charge is 0.353 e. The van der Waals surface area contributed by atoms with Gasteiger partial charge in [-0.15, -0.1) is 0 Å². The average Bonchev–Trinajstić information content (AvgIpc) is 3.30. The molecular weight excluding hydrogens is 416 g/mol. The number of aromatic amines is 1. The Hall–Kier alpha value is -4.18. The zero-order valence-electron chi connectivity index (χ0n) is 17.9. The Morgan fingerprint density at radius 2 is 1.61 bits per heavy atom. The third-order valence-electron chi connectivity index (χ3n) is 6.40. The van der Waals surface area contributed by atoms with Crippen molar-refractivity contribution in [3.8, 4) is 28.5 Å². The first-order chi connectivity index (χ1) is 16.0. The van der Waals surface area contributed by atoms with Crippen molar-refractivity contribution < 1.29 is 9.90 Å². The standard InChI is InChI=1S/C26H22N4O3/c27-15-16-6-8-17(9-7-16)18-10-12-20(13-11-18)24-23(19-4-2-1-3-5-19)25(31)30-22(28-24)14-21(29-30)26(32)33/h6-14,19,29H,1-5H2,(H,32,33). The van der Waals surface area contributed by atoms with E-state index in [1.54, 1.807) is 12.1 Å². The fraction of sp³-hybridized carbons (Fsp3) is 0.231. The first-order valence-corrected chi connectivity index (χ1v) is 11.0. The van der Waals surface area contributed by atoms with Gasteiger partial charge in [-0.2, -0.15) is 5.26 Å². The largest absolute Gasteiger partial charge is 0.477 e. The van der Waals surface area contributed by atoms with Crippen LogP contribution in [0.1, 0.15) is 59.6 Å². The molecule has 2 aromatic carbocycles. The number of aromatic nitrogens is 3. The van der Waals surface area contributed by atoms with E-state index in [2.05, 4.69) is 11.2 Å². The quantitative estimate of drug-likeness (QED) is 0.467. The van der Waals surface area contributed by atoms with Crippen LogP contribution in [-0.4, -0.2) is 25.7 Å². The second kappa shape index (κ2) is 8.40. The van der Waals surface area contributed by atoms with Crippen LogP contribution in [0.5, 0.6) is 0 Å². The Morgan fingerprint density at radius 1 is 1.00 bits per heavy atom. The minimum atomic E-state index is -1.13. The van der Waals surface area contributed by atoms with Gasteiger partial charge in [-0.25, -0.2) is 14.3 Å². The molecule has 2 N–H and O–H groups in total. The summed E-state index contributed by atoms with van der Waals surface area (Å²) < 4.78 is 1.25. The van der Waals surface area contributed by atoms with Crippen LogP contribution < -0.4 is 5.56 Å². The molecule has 0 aliphatic heterocycles. The van der Waals surface area contributed by atoms with Crippen molar-refractivity contribution in [2.45, 2.75) is 38.0 Å². The second-order valence-corrected chi connectivity index (χ2v) is 8.45. The molecular formula is C26H22N4O3. The van der Waals surface area contributed by atoms with Crippen LogP contribution in [-0.2, 0) is 0 Å². The third kappa shape index (κ3) is 3.80. The molecule has 7 nitrogen and oxygen atoms in total. The van der Waals surface area contributed by atoms with Gasteiger partial charge >= 0.3 is 5.97 Å². The monoisotopic (exact) mass is 438 g/mol. The number of fused-ring (bicyclic) bond motifs is 1. The molecule has 0 radical (unpaired) electrons. The maximum atomic E-state index is 13.5. The summed E-state index contributed by atoms with van der Waals surface area (Å²) in [6.45, 7) is 0. The zero-order valence-corrected chi connectivity index (χ0v) is 17.9. The number of aromatic carboxylic acids is 1. The molecule has 0 saturated heterocycles. The van der Waals surface area contributed by atoms with Crippen molar-refractivity contribution >= 4 is 11.6 Å². The van der Waals surface area contributed by atoms with Gasteiger partial charge in [-0.3, -0.25) is 9.89 Å².